The zero-order valence-corrected chi connectivity index (χ0v) is 13.7. The van der Waals surface area contributed by atoms with Gasteiger partial charge < -0.3 is 9.32 Å². The smallest absolute Gasteiger partial charge is 0.169 e. The van der Waals surface area contributed by atoms with Crippen LogP contribution >= 0.6 is 15.9 Å². The standard InChI is InChI=1S/C16H21BrN2O/c1-12(15-9-10-16(17)20-15)18-14(11-19(2)3)13-7-5-4-6-8-13/h4-10,12,14,18H,11H2,1-3H3. The number of furan rings is 1. The second-order valence-electron chi connectivity index (χ2n) is 5.26. The summed E-state index contributed by atoms with van der Waals surface area (Å²) >= 11 is 3.35. The summed E-state index contributed by atoms with van der Waals surface area (Å²) in [5.41, 5.74) is 1.29. The first-order chi connectivity index (χ1) is 9.56. The van der Waals surface area contributed by atoms with Crippen molar-refractivity contribution in [3.8, 4) is 0 Å². The number of hydrogen-bond acceptors (Lipinski definition) is 3. The summed E-state index contributed by atoms with van der Waals surface area (Å²) in [5, 5.41) is 3.64. The molecule has 2 rings (SSSR count). The number of hydrogen-bond donors (Lipinski definition) is 1. The first kappa shape index (κ1) is 15.3. The summed E-state index contributed by atoms with van der Waals surface area (Å²) in [7, 11) is 4.18. The predicted octanol–water partition coefficient (Wildman–Crippen LogP) is 4.00. The SMILES string of the molecule is CC(NC(CN(C)C)c1ccccc1)c1ccc(Br)o1. The highest BCUT2D eigenvalue weighted by atomic mass is 79.9. The van der Waals surface area contributed by atoms with Crippen LogP contribution in [0.3, 0.4) is 0 Å². The van der Waals surface area contributed by atoms with E-state index in [9.17, 15) is 0 Å². The zero-order valence-electron chi connectivity index (χ0n) is 12.1. The molecule has 1 aromatic heterocycles. The van der Waals surface area contributed by atoms with Crippen molar-refractivity contribution in [3.05, 3.63) is 58.5 Å². The van der Waals surface area contributed by atoms with Gasteiger partial charge >= 0.3 is 0 Å². The lowest BCUT2D eigenvalue weighted by atomic mass is 10.1. The number of likely N-dealkylation sites (N-methyl/N-ethyl adjacent to an activating group) is 1. The molecule has 0 aliphatic rings. The van der Waals surface area contributed by atoms with Crippen molar-refractivity contribution >= 4 is 15.9 Å². The number of nitrogens with zero attached hydrogens (tertiary/aromatic N) is 1. The van der Waals surface area contributed by atoms with E-state index in [-0.39, 0.29) is 12.1 Å². The molecule has 0 aliphatic heterocycles. The van der Waals surface area contributed by atoms with Gasteiger partial charge in [-0.25, -0.2) is 0 Å². The van der Waals surface area contributed by atoms with Gasteiger partial charge in [-0.3, -0.25) is 5.32 Å². The molecule has 1 aromatic carbocycles. The zero-order chi connectivity index (χ0) is 14.5. The summed E-state index contributed by atoms with van der Waals surface area (Å²) < 4.78 is 6.40. The van der Waals surface area contributed by atoms with Gasteiger partial charge in [0, 0.05) is 12.6 Å². The van der Waals surface area contributed by atoms with Crippen molar-refractivity contribution in [2.75, 3.05) is 20.6 Å². The van der Waals surface area contributed by atoms with Crippen LogP contribution in [0.1, 0.15) is 30.3 Å². The third-order valence-corrected chi connectivity index (χ3v) is 3.65. The molecule has 0 spiro atoms. The minimum atomic E-state index is 0.159. The Morgan fingerprint density at radius 2 is 1.85 bits per heavy atom. The maximum atomic E-state index is 5.63. The Hall–Kier alpha value is -1.10. The summed E-state index contributed by atoms with van der Waals surface area (Å²) in [5.74, 6) is 0.941. The van der Waals surface area contributed by atoms with Crippen LogP contribution in [0, 0.1) is 0 Å². The molecule has 20 heavy (non-hydrogen) atoms. The van der Waals surface area contributed by atoms with Gasteiger partial charge in [0.1, 0.15) is 5.76 Å². The average molecular weight is 337 g/mol. The number of rotatable bonds is 6. The van der Waals surface area contributed by atoms with E-state index in [2.05, 4.69) is 71.4 Å². The molecule has 0 saturated heterocycles. The van der Waals surface area contributed by atoms with E-state index in [0.717, 1.165) is 17.0 Å². The van der Waals surface area contributed by atoms with Crippen LogP contribution in [0.5, 0.6) is 0 Å². The number of nitrogens with one attached hydrogen (secondary N) is 1. The molecule has 3 nitrogen and oxygen atoms in total. The van der Waals surface area contributed by atoms with Crippen molar-refractivity contribution in [2.45, 2.75) is 19.0 Å². The van der Waals surface area contributed by atoms with E-state index >= 15 is 0 Å². The highest BCUT2D eigenvalue weighted by Gasteiger charge is 2.18. The van der Waals surface area contributed by atoms with Crippen LogP contribution in [0.15, 0.2) is 51.6 Å². The molecule has 0 radical (unpaired) electrons. The molecule has 0 bridgehead atoms. The fourth-order valence-electron chi connectivity index (χ4n) is 2.25. The maximum absolute atomic E-state index is 5.63. The molecular weight excluding hydrogens is 316 g/mol. The monoisotopic (exact) mass is 336 g/mol. The van der Waals surface area contributed by atoms with Gasteiger partial charge in [0.05, 0.1) is 6.04 Å². The second-order valence-corrected chi connectivity index (χ2v) is 6.04. The predicted molar refractivity (Wildman–Crippen MR) is 85.7 cm³/mol. The van der Waals surface area contributed by atoms with Gasteiger partial charge in [-0.1, -0.05) is 30.3 Å². The first-order valence-electron chi connectivity index (χ1n) is 6.77. The molecule has 1 N–H and O–H groups in total. The quantitative estimate of drug-likeness (QED) is 0.864. The molecule has 2 atom stereocenters. The first-order valence-corrected chi connectivity index (χ1v) is 7.56. The Labute approximate surface area is 129 Å². The van der Waals surface area contributed by atoms with Crippen LogP contribution in [-0.4, -0.2) is 25.5 Å². The molecule has 0 aliphatic carbocycles. The molecule has 0 amide bonds. The molecule has 2 unspecified atom stereocenters. The molecular formula is C16H21BrN2O. The van der Waals surface area contributed by atoms with E-state index in [0.29, 0.717) is 0 Å². The molecule has 108 valence electrons. The Kier molecular flexibility index (Phi) is 5.40. The molecule has 2 aromatic rings. The Morgan fingerprint density at radius 3 is 2.40 bits per heavy atom. The minimum absolute atomic E-state index is 0.159. The van der Waals surface area contributed by atoms with E-state index in [1.165, 1.54) is 5.56 Å². The van der Waals surface area contributed by atoms with Crippen molar-refractivity contribution < 1.29 is 4.42 Å². The van der Waals surface area contributed by atoms with Gasteiger partial charge in [0.2, 0.25) is 0 Å². The van der Waals surface area contributed by atoms with Crippen LogP contribution in [0.4, 0.5) is 0 Å². The van der Waals surface area contributed by atoms with E-state index in [1.807, 2.05) is 18.2 Å². The van der Waals surface area contributed by atoms with Crippen molar-refractivity contribution in [3.63, 3.8) is 0 Å². The summed E-state index contributed by atoms with van der Waals surface area (Å²) in [6.45, 7) is 3.06. The highest BCUT2D eigenvalue weighted by Crippen LogP contribution is 2.23. The van der Waals surface area contributed by atoms with E-state index < -0.39 is 0 Å². The summed E-state index contributed by atoms with van der Waals surface area (Å²) in [6, 6.07) is 14.9. The van der Waals surface area contributed by atoms with Gasteiger partial charge in [-0.2, -0.15) is 0 Å². The molecule has 4 heteroatoms. The van der Waals surface area contributed by atoms with Crippen LogP contribution in [0.2, 0.25) is 0 Å². The Balaban J connectivity index is 2.11. The molecule has 0 saturated carbocycles. The number of halogens is 1. The topological polar surface area (TPSA) is 28.4 Å². The largest absolute Gasteiger partial charge is 0.453 e. The lowest BCUT2D eigenvalue weighted by Crippen LogP contribution is -2.32. The van der Waals surface area contributed by atoms with Gasteiger partial charge in [-0.05, 0) is 54.6 Å². The van der Waals surface area contributed by atoms with Crippen molar-refractivity contribution in [1.29, 1.82) is 0 Å². The maximum Gasteiger partial charge on any atom is 0.169 e. The van der Waals surface area contributed by atoms with Crippen molar-refractivity contribution in [2.24, 2.45) is 0 Å². The van der Waals surface area contributed by atoms with Gasteiger partial charge in [-0.15, -0.1) is 0 Å². The summed E-state index contributed by atoms with van der Waals surface area (Å²) in [4.78, 5) is 2.19. The average Bonchev–Trinajstić information content (AvgIpc) is 2.85. The fraction of sp³-hybridized carbons (Fsp3) is 0.375. The van der Waals surface area contributed by atoms with Crippen molar-refractivity contribution in [1.82, 2.24) is 10.2 Å². The Bertz CT molecular complexity index is 524. The molecule has 1 heterocycles. The second kappa shape index (κ2) is 7.07. The van der Waals surface area contributed by atoms with Crippen LogP contribution in [0.25, 0.3) is 0 Å². The summed E-state index contributed by atoms with van der Waals surface area (Å²) in [6.07, 6.45) is 0. The van der Waals surface area contributed by atoms with Gasteiger partial charge in [0.25, 0.3) is 0 Å². The van der Waals surface area contributed by atoms with Crippen LogP contribution in [-0.2, 0) is 0 Å². The lowest BCUT2D eigenvalue weighted by molar-refractivity contribution is 0.309. The van der Waals surface area contributed by atoms with E-state index in [1.54, 1.807) is 0 Å². The third-order valence-electron chi connectivity index (χ3n) is 3.22. The fourth-order valence-corrected chi connectivity index (χ4v) is 2.57. The van der Waals surface area contributed by atoms with E-state index in [4.69, 9.17) is 4.42 Å². The van der Waals surface area contributed by atoms with Crippen LogP contribution < -0.4 is 5.32 Å². The molecule has 0 fully saturated rings. The Morgan fingerprint density at radius 1 is 1.15 bits per heavy atom. The lowest BCUT2D eigenvalue weighted by Gasteiger charge is -2.25. The highest BCUT2D eigenvalue weighted by molar-refractivity contribution is 9.10. The third kappa shape index (κ3) is 4.20. The van der Waals surface area contributed by atoms with Gasteiger partial charge in [0.15, 0.2) is 4.67 Å². The minimum Gasteiger partial charge on any atom is -0.453 e. The normalized spacial score (nSPS) is 14.4. The number of benzene rings is 1.